The smallest absolute Gasteiger partial charge is 0.259 e. The molecule has 0 radical (unpaired) electrons. The van der Waals surface area contributed by atoms with E-state index in [1.165, 1.54) is 12.0 Å². The number of aliphatic hydroxyl groups excluding tert-OH is 1. The van der Waals surface area contributed by atoms with Gasteiger partial charge in [0.25, 0.3) is 5.91 Å². The highest BCUT2D eigenvalue weighted by Gasteiger charge is 2.35. The lowest BCUT2D eigenvalue weighted by Crippen LogP contribution is -2.50. The van der Waals surface area contributed by atoms with Gasteiger partial charge in [-0.05, 0) is 67.5 Å². The van der Waals surface area contributed by atoms with Crippen LogP contribution in [0.5, 0.6) is 5.88 Å². The van der Waals surface area contributed by atoms with Crippen LogP contribution in [0.3, 0.4) is 0 Å². The summed E-state index contributed by atoms with van der Waals surface area (Å²) in [5, 5.41) is 9.88. The van der Waals surface area contributed by atoms with Gasteiger partial charge in [0, 0.05) is 38.1 Å². The van der Waals surface area contributed by atoms with Crippen molar-refractivity contribution in [3.05, 3.63) is 59.6 Å². The highest BCUT2D eigenvalue weighted by atomic mass is 16.5. The first-order chi connectivity index (χ1) is 17.4. The highest BCUT2D eigenvalue weighted by molar-refractivity contribution is 5.97. The van der Waals surface area contributed by atoms with Crippen molar-refractivity contribution in [2.75, 3.05) is 26.7 Å². The van der Waals surface area contributed by atoms with Gasteiger partial charge < -0.3 is 19.6 Å². The third kappa shape index (κ3) is 5.93. The van der Waals surface area contributed by atoms with Crippen molar-refractivity contribution in [1.82, 2.24) is 19.8 Å². The molecule has 0 saturated heterocycles. The molecule has 0 unspecified atom stereocenters. The fourth-order valence-corrected chi connectivity index (χ4v) is 4.78. The zero-order valence-corrected chi connectivity index (χ0v) is 21.4. The van der Waals surface area contributed by atoms with Gasteiger partial charge in [-0.2, -0.15) is 0 Å². The van der Waals surface area contributed by atoms with Crippen molar-refractivity contribution in [3.63, 3.8) is 0 Å². The van der Waals surface area contributed by atoms with Crippen LogP contribution in [0.25, 0.3) is 5.57 Å². The Morgan fingerprint density at radius 2 is 2.08 bits per heavy atom. The Kier molecular flexibility index (Phi) is 8.36. The average molecular weight is 493 g/mol. The molecule has 4 rings (SSSR count). The summed E-state index contributed by atoms with van der Waals surface area (Å²) in [6.07, 6.45) is 11.6. The van der Waals surface area contributed by atoms with Gasteiger partial charge in [-0.15, -0.1) is 0 Å². The molecule has 0 saturated carbocycles. The van der Waals surface area contributed by atoms with Gasteiger partial charge in [0.2, 0.25) is 11.8 Å². The average Bonchev–Trinajstić information content (AvgIpc) is 2.91. The molecular formula is C28H36N4O4. The molecule has 36 heavy (non-hydrogen) atoms. The highest BCUT2D eigenvalue weighted by Crippen LogP contribution is 2.32. The van der Waals surface area contributed by atoms with E-state index < -0.39 is 0 Å². The molecule has 1 aliphatic heterocycles. The van der Waals surface area contributed by atoms with Crippen LogP contribution in [0.2, 0.25) is 0 Å². The number of fused-ring (bicyclic) bond motifs is 1. The normalized spacial score (nSPS) is 20.9. The van der Waals surface area contributed by atoms with E-state index in [-0.39, 0.29) is 48.8 Å². The maximum Gasteiger partial charge on any atom is 0.259 e. The molecule has 3 atom stereocenters. The van der Waals surface area contributed by atoms with Gasteiger partial charge in [0.05, 0.1) is 25.6 Å². The van der Waals surface area contributed by atoms with Crippen molar-refractivity contribution < 1.29 is 19.4 Å². The van der Waals surface area contributed by atoms with E-state index in [2.05, 4.69) is 16.0 Å². The Labute approximate surface area is 213 Å². The zero-order chi connectivity index (χ0) is 25.7. The number of carbonyl (C=O) groups excluding carboxylic acids is 2. The Morgan fingerprint density at radius 3 is 2.78 bits per heavy atom. The van der Waals surface area contributed by atoms with Crippen LogP contribution in [0.15, 0.2) is 42.9 Å². The summed E-state index contributed by atoms with van der Waals surface area (Å²) in [4.78, 5) is 38.5. The van der Waals surface area contributed by atoms with Gasteiger partial charge in [0.1, 0.15) is 11.7 Å². The van der Waals surface area contributed by atoms with Gasteiger partial charge in [-0.1, -0.05) is 13.0 Å². The van der Waals surface area contributed by atoms with Gasteiger partial charge in [-0.25, -0.2) is 4.98 Å². The van der Waals surface area contributed by atoms with Crippen LogP contribution < -0.4 is 4.74 Å². The zero-order valence-electron chi connectivity index (χ0n) is 21.4. The van der Waals surface area contributed by atoms with Crippen LogP contribution in [0.4, 0.5) is 0 Å². The minimum atomic E-state index is -0.371. The maximum atomic E-state index is 13.6. The molecule has 0 fully saturated rings. The van der Waals surface area contributed by atoms with Crippen molar-refractivity contribution in [2.45, 2.75) is 58.1 Å². The van der Waals surface area contributed by atoms with Crippen LogP contribution in [0, 0.1) is 5.92 Å². The number of aliphatic hydroxyl groups is 1. The molecule has 2 amide bonds. The van der Waals surface area contributed by atoms with Crippen molar-refractivity contribution in [1.29, 1.82) is 0 Å². The van der Waals surface area contributed by atoms with Crippen LogP contribution in [0.1, 0.15) is 61.0 Å². The number of amides is 2. The third-order valence-corrected chi connectivity index (χ3v) is 7.17. The standard InChI is InChI=1S/C28H36N4O4/c1-19-16-32(20(2)18-33)28(35)24-14-23(22-7-5-4-6-8-22)15-30-27(24)36-25(19)17-31(3)26(34)13-21-9-11-29-12-10-21/h7,9-12,14-15,19-20,25,33H,4-6,8,13,16-18H2,1-3H3/t19-,20+,25-/m0/s1. The van der Waals surface area contributed by atoms with Crippen molar-refractivity contribution in [2.24, 2.45) is 5.92 Å². The lowest BCUT2D eigenvalue weighted by molar-refractivity contribution is -0.130. The number of hydrogen-bond acceptors (Lipinski definition) is 6. The number of pyridine rings is 2. The lowest BCUT2D eigenvalue weighted by Gasteiger charge is -2.37. The molecule has 0 bridgehead atoms. The Bertz CT molecular complexity index is 1100. The molecule has 2 aromatic heterocycles. The quantitative estimate of drug-likeness (QED) is 0.637. The molecule has 0 aromatic carbocycles. The second-order valence-electron chi connectivity index (χ2n) is 9.98. The van der Waals surface area contributed by atoms with Crippen molar-refractivity contribution >= 4 is 17.4 Å². The summed E-state index contributed by atoms with van der Waals surface area (Å²) < 4.78 is 6.35. The monoisotopic (exact) mass is 492 g/mol. The van der Waals surface area contributed by atoms with Crippen molar-refractivity contribution in [3.8, 4) is 5.88 Å². The summed E-state index contributed by atoms with van der Waals surface area (Å²) >= 11 is 0. The van der Waals surface area contributed by atoms with E-state index in [1.54, 1.807) is 35.4 Å². The molecule has 1 aliphatic carbocycles. The summed E-state index contributed by atoms with van der Waals surface area (Å²) in [7, 11) is 1.77. The van der Waals surface area contributed by atoms with Gasteiger partial charge in [0.15, 0.2) is 0 Å². The minimum absolute atomic E-state index is 0.0246. The largest absolute Gasteiger partial charge is 0.472 e. The first-order valence-electron chi connectivity index (χ1n) is 12.8. The number of ether oxygens (including phenoxy) is 1. The fraction of sp³-hybridized carbons (Fsp3) is 0.500. The molecule has 2 aromatic rings. The number of nitrogens with zero attached hydrogens (tertiary/aromatic N) is 4. The Hall–Kier alpha value is -3.26. The van der Waals surface area contributed by atoms with Gasteiger partial charge >= 0.3 is 0 Å². The summed E-state index contributed by atoms with van der Waals surface area (Å²) in [6, 6.07) is 5.19. The number of likely N-dealkylation sites (N-methyl/N-ethyl adjacent to an activating group) is 1. The predicted octanol–water partition coefficient (Wildman–Crippen LogP) is 3.36. The van der Waals surface area contributed by atoms with E-state index in [0.717, 1.165) is 30.4 Å². The Morgan fingerprint density at radius 1 is 1.31 bits per heavy atom. The molecule has 2 aliphatic rings. The van der Waals surface area contributed by atoms with E-state index in [9.17, 15) is 14.7 Å². The molecule has 8 heteroatoms. The number of hydrogen-bond donors (Lipinski definition) is 1. The summed E-state index contributed by atoms with van der Waals surface area (Å²) in [5.41, 5.74) is 3.46. The second kappa shape index (κ2) is 11.6. The summed E-state index contributed by atoms with van der Waals surface area (Å²) in [6.45, 7) is 4.47. The maximum absolute atomic E-state index is 13.6. The number of rotatable bonds is 7. The van der Waals surface area contributed by atoms with Crippen LogP contribution in [-0.2, 0) is 11.2 Å². The van der Waals surface area contributed by atoms with Gasteiger partial charge in [-0.3, -0.25) is 14.6 Å². The fourth-order valence-electron chi connectivity index (χ4n) is 4.78. The minimum Gasteiger partial charge on any atom is -0.472 e. The lowest BCUT2D eigenvalue weighted by atomic mass is 9.93. The summed E-state index contributed by atoms with van der Waals surface area (Å²) in [5.74, 6) is -0.0233. The molecule has 8 nitrogen and oxygen atoms in total. The molecule has 0 spiro atoms. The topological polar surface area (TPSA) is 95.9 Å². The number of carbonyl (C=O) groups is 2. The van der Waals surface area contributed by atoms with Crippen LogP contribution in [-0.4, -0.2) is 75.6 Å². The van der Waals surface area contributed by atoms with E-state index in [1.807, 2.05) is 32.0 Å². The third-order valence-electron chi connectivity index (χ3n) is 7.17. The molecular weight excluding hydrogens is 456 g/mol. The SMILES string of the molecule is C[C@H](CO)N1C[C@H](C)[C@H](CN(C)C(=O)Cc2ccncc2)Oc2ncc(C3=CCCCC3)cc2C1=O. The number of aromatic nitrogens is 2. The first-order valence-corrected chi connectivity index (χ1v) is 12.8. The molecule has 3 heterocycles. The van der Waals surface area contributed by atoms with E-state index >= 15 is 0 Å². The second-order valence-corrected chi connectivity index (χ2v) is 9.98. The molecule has 192 valence electrons. The molecule has 1 N–H and O–H groups in total. The predicted molar refractivity (Wildman–Crippen MR) is 137 cm³/mol. The van der Waals surface area contributed by atoms with Crippen LogP contribution >= 0.6 is 0 Å². The van der Waals surface area contributed by atoms with E-state index in [0.29, 0.717) is 18.7 Å². The van der Waals surface area contributed by atoms with E-state index in [4.69, 9.17) is 4.74 Å². The Balaban J connectivity index is 1.61. The first kappa shape index (κ1) is 25.8. The number of allylic oxidation sites excluding steroid dienone is 2.